The summed E-state index contributed by atoms with van der Waals surface area (Å²) < 4.78 is 1.15. The first-order valence-electron chi connectivity index (χ1n) is 18.5. The van der Waals surface area contributed by atoms with Gasteiger partial charge in [-0.1, -0.05) is 182 Å². The predicted molar refractivity (Wildman–Crippen MR) is 223 cm³/mol. The fraction of sp³-hybridized carbons (Fsp3) is 0.0385. The molecular weight excluding hydrogens is 704 g/mol. The molecule has 0 fully saturated rings. The molecule has 2 spiro atoms. The minimum Gasteiger partial charge on any atom is -0.0619 e. The van der Waals surface area contributed by atoms with Crippen LogP contribution in [0.5, 0.6) is 0 Å². The highest BCUT2D eigenvalue weighted by atomic mass is 79.9. The van der Waals surface area contributed by atoms with Gasteiger partial charge < -0.3 is 0 Å². The molecule has 3 aliphatic carbocycles. The lowest BCUT2D eigenvalue weighted by atomic mass is 9.52. The molecule has 0 saturated carbocycles. The zero-order valence-corrected chi connectivity index (χ0v) is 30.4. The lowest BCUT2D eigenvalue weighted by molar-refractivity contribution is 0.633. The van der Waals surface area contributed by atoms with E-state index in [1.165, 1.54) is 99.4 Å². The highest BCUT2D eigenvalue weighted by Gasteiger charge is 2.58. The van der Waals surface area contributed by atoms with Gasteiger partial charge in [-0.25, -0.2) is 0 Å². The molecular formula is C52H31Br. The molecule has 0 amide bonds. The van der Waals surface area contributed by atoms with Crippen LogP contribution in [0.25, 0.3) is 54.9 Å². The highest BCUT2D eigenvalue weighted by Crippen LogP contribution is 2.67. The summed E-state index contributed by atoms with van der Waals surface area (Å²) >= 11 is 4.02. The van der Waals surface area contributed by atoms with Crippen molar-refractivity contribution >= 4 is 37.5 Å². The van der Waals surface area contributed by atoms with Crippen molar-refractivity contribution in [2.75, 3.05) is 0 Å². The first-order chi connectivity index (χ1) is 26.2. The van der Waals surface area contributed by atoms with E-state index < -0.39 is 10.8 Å². The van der Waals surface area contributed by atoms with E-state index in [4.69, 9.17) is 0 Å². The molecule has 3 aliphatic rings. The van der Waals surface area contributed by atoms with Gasteiger partial charge in [0.1, 0.15) is 0 Å². The number of hydrogen-bond donors (Lipinski definition) is 0. The summed E-state index contributed by atoms with van der Waals surface area (Å²) in [4.78, 5) is 0. The van der Waals surface area contributed by atoms with E-state index >= 15 is 0 Å². The first kappa shape index (κ1) is 29.5. The van der Waals surface area contributed by atoms with E-state index in [1.807, 2.05) is 0 Å². The van der Waals surface area contributed by atoms with Gasteiger partial charge in [-0.2, -0.15) is 0 Å². The monoisotopic (exact) mass is 734 g/mol. The Morgan fingerprint density at radius 2 is 0.604 bits per heavy atom. The molecule has 53 heavy (non-hydrogen) atoms. The van der Waals surface area contributed by atoms with Crippen LogP contribution in [0.15, 0.2) is 193 Å². The Morgan fingerprint density at radius 1 is 0.283 bits per heavy atom. The summed E-state index contributed by atoms with van der Waals surface area (Å²) in [5.74, 6) is 0. The van der Waals surface area contributed by atoms with Crippen LogP contribution in [-0.2, 0) is 10.8 Å². The van der Waals surface area contributed by atoms with Crippen LogP contribution in [-0.4, -0.2) is 0 Å². The SMILES string of the molecule is Brc1c2ccccc2c(-c2ccc3c(c2)C2(c4ccccc4-c4ccccc42)c2ccccc2C32c3ccccc3-c3ccccc32)c2ccccc12. The van der Waals surface area contributed by atoms with Crippen molar-refractivity contribution in [3.8, 4) is 33.4 Å². The Morgan fingerprint density at radius 3 is 1.04 bits per heavy atom. The van der Waals surface area contributed by atoms with Crippen molar-refractivity contribution in [1.29, 1.82) is 0 Å². The molecule has 0 radical (unpaired) electrons. The Labute approximate surface area is 317 Å². The molecule has 0 nitrogen and oxygen atoms in total. The number of rotatable bonds is 1. The molecule has 0 bridgehead atoms. The van der Waals surface area contributed by atoms with Gasteiger partial charge in [-0.05, 0) is 121 Å². The van der Waals surface area contributed by atoms with Crippen molar-refractivity contribution in [2.45, 2.75) is 10.8 Å². The van der Waals surface area contributed by atoms with Crippen LogP contribution in [0.2, 0.25) is 0 Å². The van der Waals surface area contributed by atoms with E-state index in [1.54, 1.807) is 0 Å². The van der Waals surface area contributed by atoms with Crippen molar-refractivity contribution in [1.82, 2.24) is 0 Å². The third-order valence-electron chi connectivity index (χ3n) is 12.6. The third-order valence-corrected chi connectivity index (χ3v) is 13.5. The van der Waals surface area contributed by atoms with E-state index in [9.17, 15) is 0 Å². The Kier molecular flexibility index (Phi) is 5.87. The van der Waals surface area contributed by atoms with Gasteiger partial charge in [0.25, 0.3) is 0 Å². The van der Waals surface area contributed by atoms with Crippen molar-refractivity contribution in [3.63, 3.8) is 0 Å². The molecule has 0 aromatic heterocycles. The molecule has 0 aliphatic heterocycles. The van der Waals surface area contributed by atoms with Crippen molar-refractivity contribution in [2.24, 2.45) is 0 Å². The van der Waals surface area contributed by atoms with Crippen LogP contribution in [0.1, 0.15) is 44.5 Å². The van der Waals surface area contributed by atoms with Crippen molar-refractivity contribution in [3.05, 3.63) is 237 Å². The maximum atomic E-state index is 4.02. The first-order valence-corrected chi connectivity index (χ1v) is 19.3. The second-order valence-electron chi connectivity index (χ2n) is 14.8. The lowest BCUT2D eigenvalue weighted by Gasteiger charge is -2.49. The van der Waals surface area contributed by atoms with E-state index in [2.05, 4.69) is 204 Å². The minimum atomic E-state index is -0.520. The summed E-state index contributed by atoms with van der Waals surface area (Å²) in [5.41, 5.74) is 17.6. The van der Waals surface area contributed by atoms with Crippen LogP contribution < -0.4 is 0 Å². The van der Waals surface area contributed by atoms with E-state index in [-0.39, 0.29) is 0 Å². The molecule has 0 atom stereocenters. The summed E-state index contributed by atoms with van der Waals surface area (Å²) in [6.45, 7) is 0. The molecule has 0 heterocycles. The zero-order valence-electron chi connectivity index (χ0n) is 28.8. The number of hydrogen-bond acceptors (Lipinski definition) is 0. The third kappa shape index (κ3) is 3.47. The van der Waals surface area contributed by atoms with Gasteiger partial charge >= 0.3 is 0 Å². The van der Waals surface area contributed by atoms with Crippen LogP contribution in [0.4, 0.5) is 0 Å². The molecule has 246 valence electrons. The van der Waals surface area contributed by atoms with Gasteiger partial charge in [-0.3, -0.25) is 0 Å². The second kappa shape index (κ2) is 10.5. The summed E-state index contributed by atoms with van der Waals surface area (Å²) in [6.07, 6.45) is 0. The van der Waals surface area contributed by atoms with E-state index in [0.717, 1.165) is 4.47 Å². The number of halogens is 1. The molecule has 0 unspecified atom stereocenters. The lowest BCUT2D eigenvalue weighted by Crippen LogP contribution is -2.43. The minimum absolute atomic E-state index is 0.487. The summed E-state index contributed by atoms with van der Waals surface area (Å²) in [5, 5.41) is 4.96. The summed E-state index contributed by atoms with van der Waals surface area (Å²) in [7, 11) is 0. The molecule has 9 aromatic rings. The second-order valence-corrected chi connectivity index (χ2v) is 15.6. The van der Waals surface area contributed by atoms with Crippen LogP contribution >= 0.6 is 15.9 Å². The maximum Gasteiger partial charge on any atom is 0.0720 e. The van der Waals surface area contributed by atoms with Crippen molar-refractivity contribution < 1.29 is 0 Å². The normalized spacial score (nSPS) is 14.8. The fourth-order valence-electron chi connectivity index (χ4n) is 10.8. The quantitative estimate of drug-likeness (QED) is 0.147. The van der Waals surface area contributed by atoms with Crippen LogP contribution in [0.3, 0.4) is 0 Å². The number of fused-ring (bicyclic) bond motifs is 18. The van der Waals surface area contributed by atoms with Gasteiger partial charge in [0.2, 0.25) is 0 Å². The van der Waals surface area contributed by atoms with E-state index in [0.29, 0.717) is 0 Å². The van der Waals surface area contributed by atoms with Gasteiger partial charge in [0.05, 0.1) is 10.8 Å². The topological polar surface area (TPSA) is 0 Å². The average Bonchev–Trinajstić information content (AvgIpc) is 3.69. The molecule has 0 N–H and O–H groups in total. The Hall–Kier alpha value is -6.02. The largest absolute Gasteiger partial charge is 0.0720 e. The standard InChI is InChI=1S/C52H31Br/c53-50-39-21-3-1-19-37(39)49(38-20-2-4-22-40(38)50)32-29-30-47-48(31-32)52(43-25-11-7-17-35(43)36-18-8-12-26-44(36)52)46-28-14-13-27-45(46)51(47)41-23-9-5-15-33(41)34-16-6-10-24-42(34)51/h1-31H. The average molecular weight is 736 g/mol. The molecule has 1 heteroatoms. The fourth-order valence-corrected chi connectivity index (χ4v) is 11.5. The zero-order chi connectivity index (χ0) is 34.9. The van der Waals surface area contributed by atoms with Gasteiger partial charge in [0, 0.05) is 4.47 Å². The number of benzene rings is 9. The van der Waals surface area contributed by atoms with Gasteiger partial charge in [0.15, 0.2) is 0 Å². The Bertz CT molecular complexity index is 2890. The van der Waals surface area contributed by atoms with Gasteiger partial charge in [-0.15, -0.1) is 0 Å². The molecule has 12 rings (SSSR count). The smallest absolute Gasteiger partial charge is 0.0619 e. The predicted octanol–water partition coefficient (Wildman–Crippen LogP) is 13.5. The molecule has 9 aromatic carbocycles. The maximum absolute atomic E-state index is 4.02. The molecule has 0 saturated heterocycles. The van der Waals surface area contributed by atoms with Crippen LogP contribution in [0, 0.1) is 0 Å². The Balaban J connectivity index is 1.31. The highest BCUT2D eigenvalue weighted by molar-refractivity contribution is 9.10. The summed E-state index contributed by atoms with van der Waals surface area (Å²) in [6, 6.07) is 71.2.